The van der Waals surface area contributed by atoms with Gasteiger partial charge in [-0.2, -0.15) is 0 Å². The van der Waals surface area contributed by atoms with Crippen LogP contribution in [0.2, 0.25) is 0 Å². The Bertz CT molecular complexity index is 840. The molecule has 0 saturated carbocycles. The molecule has 1 amide bonds. The Balaban J connectivity index is 2.40. The van der Waals surface area contributed by atoms with Gasteiger partial charge in [0.1, 0.15) is 18.1 Å². The fraction of sp³-hybridized carbons (Fsp3) is 0.316. The molecule has 0 bridgehead atoms. The number of carbonyl (C=O) groups excluding carboxylic acids is 2. The number of benzene rings is 1. The van der Waals surface area contributed by atoms with Crippen LogP contribution in [-0.2, 0) is 17.8 Å². The van der Waals surface area contributed by atoms with E-state index in [0.29, 0.717) is 28.8 Å². The largest absolute Gasteiger partial charge is 0.480 e. The Morgan fingerprint density at radius 3 is 2.31 bits per heavy atom. The molecule has 0 fully saturated rings. The van der Waals surface area contributed by atoms with E-state index in [9.17, 15) is 18.8 Å². The highest BCUT2D eigenvalue weighted by atomic mass is 19.1. The predicted octanol–water partition coefficient (Wildman–Crippen LogP) is 2.95. The molecule has 2 aromatic rings. The summed E-state index contributed by atoms with van der Waals surface area (Å²) in [5.41, 5.74) is 2.45. The summed E-state index contributed by atoms with van der Waals surface area (Å²) in [6, 6.07) is 5.50. The van der Waals surface area contributed by atoms with Gasteiger partial charge >= 0.3 is 5.97 Å². The molecular formula is C19H21FN2O4. The van der Waals surface area contributed by atoms with Gasteiger partial charge in [0.2, 0.25) is 0 Å². The summed E-state index contributed by atoms with van der Waals surface area (Å²) in [6.07, 6.45) is 0.456. The minimum Gasteiger partial charge on any atom is -0.480 e. The molecular weight excluding hydrogens is 339 g/mol. The number of carboxylic acids is 1. The lowest BCUT2D eigenvalue weighted by Crippen LogP contribution is -2.36. The topological polar surface area (TPSA) is 90.5 Å². The van der Waals surface area contributed by atoms with Crippen molar-refractivity contribution in [2.75, 3.05) is 6.54 Å². The Hall–Kier alpha value is -2.96. The molecule has 0 aliphatic rings. The summed E-state index contributed by atoms with van der Waals surface area (Å²) in [5, 5.41) is 9.16. The van der Waals surface area contributed by atoms with Crippen LogP contribution in [-0.4, -0.2) is 39.2 Å². The number of aromatic amines is 1. The van der Waals surface area contributed by atoms with E-state index in [1.165, 1.54) is 31.2 Å². The first kappa shape index (κ1) is 19.4. The smallest absolute Gasteiger partial charge is 0.323 e. The van der Waals surface area contributed by atoms with Gasteiger partial charge in [0, 0.05) is 17.8 Å². The average Bonchev–Trinajstić information content (AvgIpc) is 2.91. The Morgan fingerprint density at radius 1 is 1.19 bits per heavy atom. The second-order valence-electron chi connectivity index (χ2n) is 6.07. The van der Waals surface area contributed by atoms with E-state index in [2.05, 4.69) is 4.98 Å². The van der Waals surface area contributed by atoms with Crippen molar-refractivity contribution in [3.63, 3.8) is 0 Å². The second-order valence-corrected chi connectivity index (χ2v) is 6.07. The van der Waals surface area contributed by atoms with Crippen LogP contribution in [0, 0.1) is 12.7 Å². The standard InChI is InChI=1S/C19H21FN2O4/c1-4-15-17(12(3)23)11(2)21-18(15)19(26)22(10-16(24)25)9-13-5-7-14(20)8-6-13/h5-8,21H,4,9-10H2,1-3H3,(H,24,25). The molecule has 2 rings (SSSR count). The normalized spacial score (nSPS) is 10.6. The van der Waals surface area contributed by atoms with E-state index in [1.54, 1.807) is 6.92 Å². The SMILES string of the molecule is CCc1c(C(=O)N(CC(=O)O)Cc2ccc(F)cc2)[nH]c(C)c1C(C)=O. The maximum absolute atomic E-state index is 13.1. The number of aryl methyl sites for hydroxylation is 1. The second kappa shape index (κ2) is 7.95. The molecule has 0 spiro atoms. The van der Waals surface area contributed by atoms with Crippen molar-refractivity contribution < 1.29 is 23.9 Å². The van der Waals surface area contributed by atoms with E-state index < -0.39 is 24.2 Å². The fourth-order valence-electron chi connectivity index (χ4n) is 3.02. The molecule has 0 atom stereocenters. The maximum atomic E-state index is 13.1. The molecule has 1 heterocycles. The molecule has 0 unspecified atom stereocenters. The summed E-state index contributed by atoms with van der Waals surface area (Å²) in [6.45, 7) is 4.47. The zero-order valence-corrected chi connectivity index (χ0v) is 14.9. The number of hydrogen-bond donors (Lipinski definition) is 2. The lowest BCUT2D eigenvalue weighted by molar-refractivity contribution is -0.137. The van der Waals surface area contributed by atoms with Gasteiger partial charge in [-0.05, 0) is 43.5 Å². The van der Waals surface area contributed by atoms with Gasteiger partial charge in [-0.1, -0.05) is 19.1 Å². The van der Waals surface area contributed by atoms with Crippen molar-refractivity contribution in [2.45, 2.75) is 33.7 Å². The molecule has 0 aliphatic heterocycles. The highest BCUT2D eigenvalue weighted by molar-refractivity contribution is 6.03. The molecule has 0 aliphatic carbocycles. The molecule has 6 nitrogen and oxygen atoms in total. The average molecular weight is 360 g/mol. The molecule has 0 saturated heterocycles. The van der Waals surface area contributed by atoms with Crippen molar-refractivity contribution in [1.82, 2.24) is 9.88 Å². The van der Waals surface area contributed by atoms with Crippen LogP contribution in [0.15, 0.2) is 24.3 Å². The summed E-state index contributed by atoms with van der Waals surface area (Å²) in [7, 11) is 0. The number of aromatic nitrogens is 1. The number of aliphatic carboxylic acids is 1. The van der Waals surface area contributed by atoms with E-state index in [4.69, 9.17) is 5.11 Å². The fourth-order valence-corrected chi connectivity index (χ4v) is 3.02. The third-order valence-electron chi connectivity index (χ3n) is 4.11. The van der Waals surface area contributed by atoms with Crippen LogP contribution in [0.3, 0.4) is 0 Å². The van der Waals surface area contributed by atoms with Crippen LogP contribution < -0.4 is 0 Å². The maximum Gasteiger partial charge on any atom is 0.323 e. The van der Waals surface area contributed by atoms with Crippen molar-refractivity contribution in [2.24, 2.45) is 0 Å². The van der Waals surface area contributed by atoms with Crippen LogP contribution in [0.1, 0.15) is 51.5 Å². The Labute approximate surface area is 150 Å². The number of nitrogens with zero attached hydrogens (tertiary/aromatic N) is 1. The highest BCUT2D eigenvalue weighted by Gasteiger charge is 2.26. The number of halogens is 1. The summed E-state index contributed by atoms with van der Waals surface area (Å²) in [4.78, 5) is 40.1. The number of hydrogen-bond acceptors (Lipinski definition) is 3. The molecule has 138 valence electrons. The first-order chi connectivity index (χ1) is 12.2. The number of carboxylic acid groups (broad SMARTS) is 1. The van der Waals surface area contributed by atoms with Gasteiger partial charge in [0.25, 0.3) is 5.91 Å². The lowest BCUT2D eigenvalue weighted by atomic mass is 10.0. The van der Waals surface area contributed by atoms with Gasteiger partial charge in [-0.3, -0.25) is 14.4 Å². The molecule has 1 aromatic carbocycles. The first-order valence-electron chi connectivity index (χ1n) is 8.22. The molecule has 1 aromatic heterocycles. The van der Waals surface area contributed by atoms with Crippen molar-refractivity contribution in [3.8, 4) is 0 Å². The number of carbonyl (C=O) groups is 3. The van der Waals surface area contributed by atoms with Gasteiger partial charge in [0.15, 0.2) is 5.78 Å². The number of Topliss-reactive ketones (excluding diaryl/α,β-unsaturated/α-hetero) is 1. The Kier molecular flexibility index (Phi) is 5.92. The molecule has 0 radical (unpaired) electrons. The van der Waals surface area contributed by atoms with E-state index >= 15 is 0 Å². The minimum atomic E-state index is -1.16. The monoisotopic (exact) mass is 360 g/mol. The third kappa shape index (κ3) is 4.17. The number of rotatable bonds is 7. The lowest BCUT2D eigenvalue weighted by Gasteiger charge is -2.21. The predicted molar refractivity (Wildman–Crippen MR) is 93.7 cm³/mol. The summed E-state index contributed by atoms with van der Waals surface area (Å²) in [5.74, 6) is -2.24. The van der Waals surface area contributed by atoms with Gasteiger partial charge in [-0.15, -0.1) is 0 Å². The van der Waals surface area contributed by atoms with Crippen LogP contribution in [0.25, 0.3) is 0 Å². The van der Waals surface area contributed by atoms with Crippen LogP contribution in [0.4, 0.5) is 4.39 Å². The number of ketones is 1. The van der Waals surface area contributed by atoms with E-state index in [1.807, 2.05) is 6.92 Å². The molecule has 2 N–H and O–H groups in total. The van der Waals surface area contributed by atoms with E-state index in [0.717, 1.165) is 4.90 Å². The van der Waals surface area contributed by atoms with Crippen LogP contribution in [0.5, 0.6) is 0 Å². The number of H-pyrrole nitrogens is 1. The quantitative estimate of drug-likeness (QED) is 0.743. The van der Waals surface area contributed by atoms with Gasteiger partial charge < -0.3 is 15.0 Å². The summed E-state index contributed by atoms with van der Waals surface area (Å²) < 4.78 is 13.1. The summed E-state index contributed by atoms with van der Waals surface area (Å²) >= 11 is 0. The van der Waals surface area contributed by atoms with Crippen LogP contribution >= 0.6 is 0 Å². The first-order valence-corrected chi connectivity index (χ1v) is 8.22. The Morgan fingerprint density at radius 2 is 1.81 bits per heavy atom. The zero-order valence-electron chi connectivity index (χ0n) is 14.9. The van der Waals surface area contributed by atoms with Gasteiger partial charge in [-0.25, -0.2) is 4.39 Å². The number of amides is 1. The van der Waals surface area contributed by atoms with Crippen molar-refractivity contribution in [1.29, 1.82) is 0 Å². The third-order valence-corrected chi connectivity index (χ3v) is 4.11. The van der Waals surface area contributed by atoms with E-state index in [-0.39, 0.29) is 18.0 Å². The zero-order chi connectivity index (χ0) is 19.4. The molecule has 26 heavy (non-hydrogen) atoms. The minimum absolute atomic E-state index is 0.0159. The van der Waals surface area contributed by atoms with Gasteiger partial charge in [0.05, 0.1) is 0 Å². The van der Waals surface area contributed by atoms with Crippen molar-refractivity contribution in [3.05, 3.63) is 58.2 Å². The number of nitrogens with one attached hydrogen (secondary N) is 1. The van der Waals surface area contributed by atoms with Crippen molar-refractivity contribution >= 4 is 17.7 Å². The molecule has 7 heteroatoms. The highest BCUT2D eigenvalue weighted by Crippen LogP contribution is 2.22.